The molecule has 0 saturated heterocycles. The average molecular weight is 445 g/mol. The summed E-state index contributed by atoms with van der Waals surface area (Å²) in [6, 6.07) is 10.0. The number of anilines is 1. The van der Waals surface area contributed by atoms with E-state index in [9.17, 15) is 13.2 Å². The third-order valence-electron chi connectivity index (χ3n) is 5.85. The minimum atomic E-state index is -3.72. The molecule has 0 saturated carbocycles. The van der Waals surface area contributed by atoms with Crippen LogP contribution in [0.25, 0.3) is 0 Å². The lowest BCUT2D eigenvalue weighted by Gasteiger charge is -2.30. The summed E-state index contributed by atoms with van der Waals surface area (Å²) in [6.45, 7) is 4.34. The summed E-state index contributed by atoms with van der Waals surface area (Å²) in [5, 5.41) is 2.97. The predicted molar refractivity (Wildman–Crippen MR) is 119 cm³/mol. The first-order valence-corrected chi connectivity index (χ1v) is 12.4. The number of ether oxygens (including phenoxy) is 2. The molecule has 0 radical (unpaired) electrons. The molecule has 2 atom stereocenters. The molecule has 1 amide bonds. The van der Waals surface area contributed by atoms with Gasteiger partial charge in [0.25, 0.3) is 0 Å². The molecule has 8 heteroatoms. The minimum absolute atomic E-state index is 0.234. The zero-order valence-electron chi connectivity index (χ0n) is 18.1. The van der Waals surface area contributed by atoms with E-state index in [1.165, 1.54) is 11.1 Å². The van der Waals surface area contributed by atoms with Gasteiger partial charge in [-0.1, -0.05) is 18.2 Å². The molecule has 0 unspecified atom stereocenters. The van der Waals surface area contributed by atoms with Crippen LogP contribution in [-0.4, -0.2) is 39.8 Å². The van der Waals surface area contributed by atoms with E-state index >= 15 is 0 Å². The van der Waals surface area contributed by atoms with Crippen LogP contribution in [0.1, 0.15) is 43.0 Å². The van der Waals surface area contributed by atoms with Crippen molar-refractivity contribution in [1.29, 1.82) is 0 Å². The lowest BCUT2D eigenvalue weighted by molar-refractivity contribution is -0.122. The molecule has 4 rings (SSSR count). The van der Waals surface area contributed by atoms with Gasteiger partial charge in [0, 0.05) is 6.07 Å². The Labute approximate surface area is 183 Å². The molecular formula is C23H28N2O5S. The number of amides is 1. The normalized spacial score (nSPS) is 16.9. The molecule has 166 valence electrons. The summed E-state index contributed by atoms with van der Waals surface area (Å²) in [5.41, 5.74) is 4.09. The van der Waals surface area contributed by atoms with Crippen molar-refractivity contribution < 1.29 is 22.7 Å². The first kappa shape index (κ1) is 21.5. The number of nitrogens with one attached hydrogen (secondary N) is 1. The Hall–Kier alpha value is -2.74. The van der Waals surface area contributed by atoms with Crippen molar-refractivity contribution in [1.82, 2.24) is 5.32 Å². The Balaban J connectivity index is 1.54. The second-order valence-corrected chi connectivity index (χ2v) is 10.0. The number of sulfonamides is 1. The van der Waals surface area contributed by atoms with Crippen molar-refractivity contribution in [2.24, 2.45) is 0 Å². The molecule has 31 heavy (non-hydrogen) atoms. The maximum Gasteiger partial charge on any atom is 0.244 e. The van der Waals surface area contributed by atoms with Crippen molar-refractivity contribution >= 4 is 21.6 Å². The smallest absolute Gasteiger partial charge is 0.244 e. The third-order valence-corrected chi connectivity index (χ3v) is 7.09. The van der Waals surface area contributed by atoms with Gasteiger partial charge in [0.2, 0.25) is 15.9 Å². The van der Waals surface area contributed by atoms with Gasteiger partial charge in [0.05, 0.1) is 18.0 Å². The summed E-state index contributed by atoms with van der Waals surface area (Å²) >= 11 is 0. The van der Waals surface area contributed by atoms with Gasteiger partial charge in [-0.2, -0.15) is 0 Å². The van der Waals surface area contributed by atoms with Gasteiger partial charge in [0.15, 0.2) is 11.5 Å². The van der Waals surface area contributed by atoms with E-state index in [1.54, 1.807) is 25.1 Å². The van der Waals surface area contributed by atoms with E-state index in [4.69, 9.17) is 9.47 Å². The Bertz CT molecular complexity index is 1100. The molecule has 2 aliphatic rings. The second kappa shape index (κ2) is 8.42. The number of fused-ring (bicyclic) bond motifs is 2. The summed E-state index contributed by atoms with van der Waals surface area (Å²) in [7, 11) is -3.72. The highest BCUT2D eigenvalue weighted by Gasteiger charge is 2.31. The lowest BCUT2D eigenvalue weighted by Crippen LogP contribution is -2.48. The summed E-state index contributed by atoms with van der Waals surface area (Å²) < 4.78 is 37.4. The maximum atomic E-state index is 13.0. The van der Waals surface area contributed by atoms with Crippen LogP contribution in [0, 0.1) is 0 Å². The molecule has 1 heterocycles. The fourth-order valence-electron chi connectivity index (χ4n) is 4.26. The Kier molecular flexibility index (Phi) is 5.83. The lowest BCUT2D eigenvalue weighted by atomic mass is 10.0. The number of nitrogens with zero attached hydrogens (tertiary/aromatic N) is 1. The second-order valence-electron chi connectivity index (χ2n) is 8.17. The fraction of sp³-hybridized carbons (Fsp3) is 0.435. The van der Waals surface area contributed by atoms with E-state index in [1.807, 2.05) is 13.0 Å². The van der Waals surface area contributed by atoms with Crippen LogP contribution in [0.2, 0.25) is 0 Å². The van der Waals surface area contributed by atoms with Crippen LogP contribution in [-0.2, 0) is 27.7 Å². The molecule has 1 N–H and O–H groups in total. The number of benzene rings is 2. The van der Waals surface area contributed by atoms with Crippen molar-refractivity contribution in [2.75, 3.05) is 23.8 Å². The average Bonchev–Trinajstić information content (AvgIpc) is 3.20. The van der Waals surface area contributed by atoms with Gasteiger partial charge in [-0.15, -0.1) is 0 Å². The molecule has 0 fully saturated rings. The molecule has 0 spiro atoms. The maximum absolute atomic E-state index is 13.0. The molecule has 2 aromatic rings. The van der Waals surface area contributed by atoms with E-state index in [-0.39, 0.29) is 11.9 Å². The molecule has 0 aromatic heterocycles. The molecule has 7 nitrogen and oxygen atoms in total. The topological polar surface area (TPSA) is 84.9 Å². The minimum Gasteiger partial charge on any atom is -0.486 e. The SMILES string of the molecule is C[C@@H](NC(=O)[C@H](C)N(c1ccc2c(c1)OCCO2)S(C)(=O)=O)c1ccc2c(c1)CCC2. The Morgan fingerprint density at radius 2 is 1.71 bits per heavy atom. The Morgan fingerprint density at radius 3 is 2.45 bits per heavy atom. The van der Waals surface area contributed by atoms with E-state index in [0.717, 1.165) is 35.4 Å². The molecule has 2 aromatic carbocycles. The van der Waals surface area contributed by atoms with Crippen LogP contribution in [0.5, 0.6) is 11.5 Å². The van der Waals surface area contributed by atoms with Crippen LogP contribution in [0.15, 0.2) is 36.4 Å². The van der Waals surface area contributed by atoms with E-state index in [2.05, 4.69) is 17.4 Å². The summed E-state index contributed by atoms with van der Waals surface area (Å²) in [4.78, 5) is 13.0. The first-order chi connectivity index (χ1) is 14.7. The monoisotopic (exact) mass is 444 g/mol. The Morgan fingerprint density at radius 1 is 1.00 bits per heavy atom. The number of aryl methyl sites for hydroxylation is 2. The number of hydrogen-bond acceptors (Lipinski definition) is 5. The van der Waals surface area contributed by atoms with Crippen molar-refractivity contribution in [3.63, 3.8) is 0 Å². The van der Waals surface area contributed by atoms with Gasteiger partial charge in [-0.3, -0.25) is 9.10 Å². The molecule has 0 bridgehead atoms. The number of hydrogen-bond donors (Lipinski definition) is 1. The number of carbonyl (C=O) groups excluding carboxylic acids is 1. The summed E-state index contributed by atoms with van der Waals surface area (Å²) in [5.74, 6) is 0.663. The summed E-state index contributed by atoms with van der Waals surface area (Å²) in [6.07, 6.45) is 4.42. The molecule has 1 aliphatic heterocycles. The van der Waals surface area contributed by atoms with Crippen molar-refractivity contribution in [3.8, 4) is 11.5 Å². The van der Waals surface area contributed by atoms with Gasteiger partial charge in [-0.05, 0) is 61.9 Å². The van der Waals surface area contributed by atoms with Crippen LogP contribution >= 0.6 is 0 Å². The predicted octanol–water partition coefficient (Wildman–Crippen LogP) is 2.98. The highest BCUT2D eigenvalue weighted by molar-refractivity contribution is 7.92. The zero-order chi connectivity index (χ0) is 22.2. The zero-order valence-corrected chi connectivity index (χ0v) is 18.9. The molecular weight excluding hydrogens is 416 g/mol. The van der Waals surface area contributed by atoms with Crippen LogP contribution < -0.4 is 19.1 Å². The van der Waals surface area contributed by atoms with Crippen molar-refractivity contribution in [3.05, 3.63) is 53.1 Å². The fourth-order valence-corrected chi connectivity index (χ4v) is 5.42. The molecule has 1 aliphatic carbocycles. The van der Waals surface area contributed by atoms with Gasteiger partial charge in [-0.25, -0.2) is 8.42 Å². The third kappa shape index (κ3) is 4.49. The number of rotatable bonds is 6. The van der Waals surface area contributed by atoms with E-state index in [0.29, 0.717) is 30.4 Å². The van der Waals surface area contributed by atoms with E-state index < -0.39 is 16.1 Å². The van der Waals surface area contributed by atoms with Gasteiger partial charge >= 0.3 is 0 Å². The van der Waals surface area contributed by atoms with Crippen LogP contribution in [0.4, 0.5) is 5.69 Å². The van der Waals surface area contributed by atoms with Crippen LogP contribution in [0.3, 0.4) is 0 Å². The van der Waals surface area contributed by atoms with Gasteiger partial charge < -0.3 is 14.8 Å². The highest BCUT2D eigenvalue weighted by Crippen LogP contribution is 2.35. The van der Waals surface area contributed by atoms with Gasteiger partial charge in [0.1, 0.15) is 19.3 Å². The van der Waals surface area contributed by atoms with Crippen molar-refractivity contribution in [2.45, 2.75) is 45.2 Å². The number of carbonyl (C=O) groups is 1. The first-order valence-electron chi connectivity index (χ1n) is 10.5. The highest BCUT2D eigenvalue weighted by atomic mass is 32.2. The standard InChI is InChI=1S/C23H28N2O5S/c1-15(18-8-7-17-5-4-6-19(17)13-18)24-23(26)16(2)25(31(3,27)28)20-9-10-21-22(14-20)30-12-11-29-21/h7-10,13-16H,4-6,11-12H2,1-3H3,(H,24,26)/t15-,16+/m1/s1. The largest absolute Gasteiger partial charge is 0.486 e. The quantitative estimate of drug-likeness (QED) is 0.741.